The minimum absolute atomic E-state index is 0.589. The Morgan fingerprint density at radius 1 is 0.906 bits per heavy atom. The third-order valence-corrected chi connectivity index (χ3v) is 5.74. The Kier molecular flexibility index (Phi) is 4.69. The molecule has 5 aromatic rings. The molecule has 0 atom stereocenters. The van der Waals surface area contributed by atoms with Gasteiger partial charge < -0.3 is 9.64 Å². The highest BCUT2D eigenvalue weighted by Gasteiger charge is 2.13. The molecular formula is C24H21N7O. The first kappa shape index (κ1) is 18.8. The number of hydrogen-bond acceptors (Lipinski definition) is 7. The molecule has 6 rings (SSSR count). The molecule has 0 saturated carbocycles. The van der Waals surface area contributed by atoms with Crippen LogP contribution in [-0.4, -0.2) is 56.2 Å². The van der Waals surface area contributed by atoms with Gasteiger partial charge in [0.25, 0.3) is 0 Å². The van der Waals surface area contributed by atoms with Crippen LogP contribution in [0.4, 0.5) is 5.82 Å². The first-order valence-corrected chi connectivity index (χ1v) is 10.7. The summed E-state index contributed by atoms with van der Waals surface area (Å²) < 4.78 is 7.26. The third-order valence-electron chi connectivity index (χ3n) is 5.74. The van der Waals surface area contributed by atoms with Crippen LogP contribution in [-0.2, 0) is 11.3 Å². The molecule has 0 N–H and O–H groups in total. The van der Waals surface area contributed by atoms with E-state index in [2.05, 4.69) is 49.4 Å². The Morgan fingerprint density at radius 2 is 1.81 bits per heavy atom. The Hall–Kier alpha value is -3.91. The van der Waals surface area contributed by atoms with Gasteiger partial charge in [-0.1, -0.05) is 17.3 Å². The van der Waals surface area contributed by atoms with E-state index < -0.39 is 0 Å². The second-order valence-electron chi connectivity index (χ2n) is 7.82. The van der Waals surface area contributed by atoms with E-state index in [1.54, 1.807) is 6.20 Å². The molecule has 0 bridgehead atoms. The van der Waals surface area contributed by atoms with E-state index in [9.17, 15) is 0 Å². The van der Waals surface area contributed by atoms with Gasteiger partial charge in [-0.15, -0.1) is 5.10 Å². The lowest BCUT2D eigenvalue weighted by molar-refractivity contribution is 0.122. The number of aromatic nitrogens is 6. The van der Waals surface area contributed by atoms with E-state index in [1.165, 1.54) is 0 Å². The molecule has 1 aromatic carbocycles. The number of benzene rings is 1. The molecule has 1 aliphatic heterocycles. The van der Waals surface area contributed by atoms with Crippen molar-refractivity contribution in [2.45, 2.75) is 6.54 Å². The van der Waals surface area contributed by atoms with Gasteiger partial charge in [0.15, 0.2) is 5.65 Å². The van der Waals surface area contributed by atoms with Crippen molar-refractivity contribution in [2.24, 2.45) is 0 Å². The first-order valence-electron chi connectivity index (χ1n) is 10.7. The van der Waals surface area contributed by atoms with Crippen LogP contribution in [0.15, 0.2) is 67.0 Å². The third kappa shape index (κ3) is 3.54. The molecule has 5 heterocycles. The quantitative estimate of drug-likeness (QED) is 0.439. The Bertz CT molecular complexity index is 1390. The van der Waals surface area contributed by atoms with E-state index in [0.717, 1.165) is 71.0 Å². The molecule has 8 nitrogen and oxygen atoms in total. The predicted molar refractivity (Wildman–Crippen MR) is 122 cm³/mol. The number of anilines is 1. The van der Waals surface area contributed by atoms with Crippen molar-refractivity contribution in [3.8, 4) is 11.3 Å². The van der Waals surface area contributed by atoms with Crippen LogP contribution in [0.3, 0.4) is 0 Å². The van der Waals surface area contributed by atoms with Crippen molar-refractivity contribution in [1.82, 2.24) is 29.9 Å². The Balaban J connectivity index is 1.29. The summed E-state index contributed by atoms with van der Waals surface area (Å²) in [5.41, 5.74) is 5.45. The summed E-state index contributed by atoms with van der Waals surface area (Å²) >= 11 is 0. The summed E-state index contributed by atoms with van der Waals surface area (Å²) in [7, 11) is 0. The number of pyridine rings is 3. The molecule has 0 amide bonds. The van der Waals surface area contributed by atoms with Crippen LogP contribution in [0.1, 0.15) is 5.56 Å². The molecule has 158 valence electrons. The zero-order chi connectivity index (χ0) is 21.3. The van der Waals surface area contributed by atoms with Crippen LogP contribution in [0.2, 0.25) is 0 Å². The SMILES string of the molecule is c1cnc2ccc(Cn3nnc4ccc(-c5ccc(N6CCOCC6)nc5)nc43)cc2c1. The van der Waals surface area contributed by atoms with Crippen molar-refractivity contribution in [2.75, 3.05) is 31.2 Å². The van der Waals surface area contributed by atoms with Gasteiger partial charge >= 0.3 is 0 Å². The Labute approximate surface area is 184 Å². The van der Waals surface area contributed by atoms with Crippen molar-refractivity contribution in [3.63, 3.8) is 0 Å². The lowest BCUT2D eigenvalue weighted by atomic mass is 10.1. The average molecular weight is 423 g/mol. The maximum atomic E-state index is 5.43. The normalized spacial score (nSPS) is 14.3. The van der Waals surface area contributed by atoms with E-state index in [0.29, 0.717) is 6.54 Å². The maximum absolute atomic E-state index is 5.43. The molecule has 32 heavy (non-hydrogen) atoms. The summed E-state index contributed by atoms with van der Waals surface area (Å²) in [6, 6.07) is 18.3. The van der Waals surface area contributed by atoms with Gasteiger partial charge in [0.05, 0.1) is 31.0 Å². The van der Waals surface area contributed by atoms with Crippen molar-refractivity contribution < 1.29 is 4.74 Å². The largest absolute Gasteiger partial charge is 0.378 e. The summed E-state index contributed by atoms with van der Waals surface area (Å²) in [6.45, 7) is 3.81. The number of ether oxygens (including phenoxy) is 1. The summed E-state index contributed by atoms with van der Waals surface area (Å²) in [4.78, 5) is 16.1. The molecule has 4 aromatic heterocycles. The maximum Gasteiger partial charge on any atom is 0.179 e. The lowest BCUT2D eigenvalue weighted by Crippen LogP contribution is -2.36. The van der Waals surface area contributed by atoms with E-state index >= 15 is 0 Å². The highest BCUT2D eigenvalue weighted by molar-refractivity contribution is 5.79. The zero-order valence-electron chi connectivity index (χ0n) is 17.4. The van der Waals surface area contributed by atoms with Gasteiger partial charge in [-0.3, -0.25) is 4.98 Å². The second kappa shape index (κ2) is 7.97. The zero-order valence-corrected chi connectivity index (χ0v) is 17.4. The van der Waals surface area contributed by atoms with Crippen LogP contribution >= 0.6 is 0 Å². The topological polar surface area (TPSA) is 81.9 Å². The number of fused-ring (bicyclic) bond motifs is 2. The molecule has 1 aliphatic rings. The van der Waals surface area contributed by atoms with Crippen molar-refractivity contribution in [1.29, 1.82) is 0 Å². The van der Waals surface area contributed by atoms with Crippen molar-refractivity contribution >= 4 is 27.9 Å². The van der Waals surface area contributed by atoms with E-state index in [-0.39, 0.29) is 0 Å². The molecule has 0 spiro atoms. The smallest absolute Gasteiger partial charge is 0.179 e. The second-order valence-corrected chi connectivity index (χ2v) is 7.82. The highest BCUT2D eigenvalue weighted by Crippen LogP contribution is 2.23. The van der Waals surface area contributed by atoms with E-state index in [1.807, 2.05) is 41.2 Å². The molecule has 8 heteroatoms. The standard InChI is InChI=1S/C24H21N7O/c1-2-18-14-17(3-5-20(18)25-9-1)16-31-24-22(28-29-31)7-6-21(27-24)19-4-8-23(26-15-19)30-10-12-32-13-11-30/h1-9,14-15H,10-13,16H2. The van der Waals surface area contributed by atoms with Crippen LogP contribution in [0.5, 0.6) is 0 Å². The lowest BCUT2D eigenvalue weighted by Gasteiger charge is -2.27. The minimum Gasteiger partial charge on any atom is -0.378 e. The van der Waals surface area contributed by atoms with Gasteiger partial charge in [-0.25, -0.2) is 14.6 Å². The van der Waals surface area contributed by atoms with Crippen molar-refractivity contribution in [3.05, 3.63) is 72.6 Å². The van der Waals surface area contributed by atoms with Gasteiger partial charge in [-0.05, 0) is 48.0 Å². The monoisotopic (exact) mass is 423 g/mol. The fourth-order valence-electron chi connectivity index (χ4n) is 4.03. The van der Waals surface area contributed by atoms with Gasteiger partial charge in [0.2, 0.25) is 0 Å². The summed E-state index contributed by atoms with van der Waals surface area (Å²) in [5, 5.41) is 9.73. The predicted octanol–water partition coefficient (Wildman–Crippen LogP) is 3.32. The number of nitrogens with zero attached hydrogens (tertiary/aromatic N) is 7. The molecule has 1 fully saturated rings. The van der Waals surface area contributed by atoms with Gasteiger partial charge in [0.1, 0.15) is 11.3 Å². The van der Waals surface area contributed by atoms with Gasteiger partial charge in [0, 0.05) is 36.4 Å². The van der Waals surface area contributed by atoms with Crippen LogP contribution in [0.25, 0.3) is 33.3 Å². The van der Waals surface area contributed by atoms with Gasteiger partial charge in [-0.2, -0.15) is 0 Å². The summed E-state index contributed by atoms with van der Waals surface area (Å²) in [5.74, 6) is 0.968. The molecule has 0 radical (unpaired) electrons. The Morgan fingerprint density at radius 3 is 2.69 bits per heavy atom. The molecule has 1 saturated heterocycles. The minimum atomic E-state index is 0.589. The highest BCUT2D eigenvalue weighted by atomic mass is 16.5. The average Bonchev–Trinajstić information content (AvgIpc) is 3.26. The van der Waals surface area contributed by atoms with Crippen LogP contribution in [0, 0.1) is 0 Å². The fraction of sp³-hybridized carbons (Fsp3) is 0.208. The number of hydrogen-bond donors (Lipinski definition) is 0. The molecule has 0 unspecified atom stereocenters. The molecular weight excluding hydrogens is 402 g/mol. The number of morpholine rings is 1. The first-order chi connectivity index (χ1) is 15.8. The van der Waals surface area contributed by atoms with Crippen LogP contribution < -0.4 is 4.90 Å². The number of rotatable bonds is 4. The fourth-order valence-corrected chi connectivity index (χ4v) is 4.03. The summed E-state index contributed by atoms with van der Waals surface area (Å²) in [6.07, 6.45) is 3.68. The molecule has 0 aliphatic carbocycles. The van der Waals surface area contributed by atoms with E-state index in [4.69, 9.17) is 9.72 Å².